The van der Waals surface area contributed by atoms with Gasteiger partial charge in [0.05, 0.1) is 43.3 Å². The van der Waals surface area contributed by atoms with Crippen molar-refractivity contribution in [3.8, 4) is 16.9 Å². The summed E-state index contributed by atoms with van der Waals surface area (Å²) < 4.78 is 23.3. The normalized spacial score (nSPS) is 15.2. The summed E-state index contributed by atoms with van der Waals surface area (Å²) in [6.07, 6.45) is 4.73. The lowest BCUT2D eigenvalue weighted by Gasteiger charge is -2.22. The van der Waals surface area contributed by atoms with E-state index in [1.54, 1.807) is 6.92 Å². The number of carbonyl (C=O) groups excluding carboxylic acids is 1. The quantitative estimate of drug-likeness (QED) is 0.105. The van der Waals surface area contributed by atoms with E-state index < -0.39 is 5.97 Å². The van der Waals surface area contributed by atoms with E-state index in [0.717, 1.165) is 75.7 Å². The predicted molar refractivity (Wildman–Crippen MR) is 169 cm³/mol. The average molecular weight is 598 g/mol. The van der Waals surface area contributed by atoms with Crippen LogP contribution >= 0.6 is 0 Å². The molecule has 9 nitrogen and oxygen atoms in total. The van der Waals surface area contributed by atoms with Gasteiger partial charge in [0.25, 0.3) is 0 Å². The summed E-state index contributed by atoms with van der Waals surface area (Å²) in [6, 6.07) is 20.2. The number of hydrogen-bond acceptors (Lipinski definition) is 7. The fourth-order valence-corrected chi connectivity index (χ4v) is 6.04. The summed E-state index contributed by atoms with van der Waals surface area (Å²) in [7, 11) is 0. The number of para-hydroxylation sites is 1. The predicted octanol–water partition coefficient (Wildman–Crippen LogP) is 6.48. The van der Waals surface area contributed by atoms with E-state index in [-0.39, 0.29) is 19.5 Å². The molecule has 1 atom stereocenters. The number of fused-ring (bicyclic) bond motifs is 2. The highest BCUT2D eigenvalue weighted by atomic mass is 16.7. The van der Waals surface area contributed by atoms with E-state index in [1.807, 2.05) is 42.5 Å². The van der Waals surface area contributed by atoms with Crippen molar-refractivity contribution in [2.45, 2.75) is 58.3 Å². The van der Waals surface area contributed by atoms with Crippen LogP contribution in [0.25, 0.3) is 32.8 Å². The van der Waals surface area contributed by atoms with Crippen molar-refractivity contribution in [2.24, 2.45) is 0 Å². The zero-order chi connectivity index (χ0) is 30.3. The SMILES string of the molecule is CCOC(=O)c1[nH]c2c(-c3c(CCOC4CCCCO4)n[nH]c3CO)cccc2c1CCCOc1cccc2ccccc12. The Morgan fingerprint density at radius 1 is 1.02 bits per heavy atom. The number of ether oxygens (including phenoxy) is 4. The Labute approximate surface area is 256 Å². The van der Waals surface area contributed by atoms with Gasteiger partial charge in [-0.3, -0.25) is 5.10 Å². The summed E-state index contributed by atoms with van der Waals surface area (Å²) in [6.45, 7) is 3.54. The summed E-state index contributed by atoms with van der Waals surface area (Å²) >= 11 is 0. The first-order chi connectivity index (χ1) is 21.7. The third-order valence-electron chi connectivity index (χ3n) is 8.12. The molecular weight excluding hydrogens is 558 g/mol. The Morgan fingerprint density at radius 2 is 1.86 bits per heavy atom. The van der Waals surface area contributed by atoms with E-state index in [2.05, 4.69) is 33.4 Å². The highest BCUT2D eigenvalue weighted by molar-refractivity contribution is 6.04. The summed E-state index contributed by atoms with van der Waals surface area (Å²) in [5, 5.41) is 20.9. The number of aliphatic hydroxyl groups is 1. The summed E-state index contributed by atoms with van der Waals surface area (Å²) in [4.78, 5) is 16.5. The smallest absolute Gasteiger partial charge is 0.355 e. The molecule has 1 unspecified atom stereocenters. The minimum Gasteiger partial charge on any atom is -0.493 e. The van der Waals surface area contributed by atoms with Crippen LogP contribution in [0.3, 0.4) is 0 Å². The number of benzene rings is 3. The number of hydrogen-bond donors (Lipinski definition) is 3. The van der Waals surface area contributed by atoms with Crippen LogP contribution in [0.4, 0.5) is 0 Å². The molecule has 9 heteroatoms. The Morgan fingerprint density at radius 3 is 2.70 bits per heavy atom. The molecule has 6 rings (SSSR count). The number of nitrogens with zero attached hydrogens (tertiary/aromatic N) is 1. The standard InChI is InChI=1S/C35H39N3O6/c1-2-41-35(40)34-26(15-9-20-42-30-16-7-11-23-10-3-4-12-24(23)30)25-13-8-14-27(33(25)36-34)32-28(37-38-29(32)22-39)18-21-44-31-17-5-6-19-43-31/h3-4,7-8,10-14,16,31,36,39H,2,5-6,9,15,17-22H2,1H3,(H,37,38). The number of aryl methyl sites for hydroxylation is 1. The molecule has 1 saturated heterocycles. The fraction of sp³-hybridized carbons (Fsp3) is 0.371. The van der Waals surface area contributed by atoms with Crippen molar-refractivity contribution in [3.63, 3.8) is 0 Å². The first-order valence-corrected chi connectivity index (χ1v) is 15.5. The van der Waals surface area contributed by atoms with E-state index in [9.17, 15) is 9.90 Å². The van der Waals surface area contributed by atoms with E-state index in [4.69, 9.17) is 18.9 Å². The second kappa shape index (κ2) is 14.1. The van der Waals surface area contributed by atoms with Crippen molar-refractivity contribution < 1.29 is 28.8 Å². The number of aromatic nitrogens is 3. The minimum absolute atomic E-state index is 0.186. The van der Waals surface area contributed by atoms with Crippen LogP contribution in [0.2, 0.25) is 0 Å². The van der Waals surface area contributed by atoms with Crippen molar-refractivity contribution in [3.05, 3.63) is 83.3 Å². The van der Waals surface area contributed by atoms with Crippen molar-refractivity contribution in [2.75, 3.05) is 26.4 Å². The average Bonchev–Trinajstić information content (AvgIpc) is 3.65. The van der Waals surface area contributed by atoms with Gasteiger partial charge in [-0.25, -0.2) is 4.79 Å². The first kappa shape index (κ1) is 29.9. The highest BCUT2D eigenvalue weighted by Crippen LogP contribution is 2.36. The number of carbonyl (C=O) groups is 1. The van der Waals surface area contributed by atoms with Crippen molar-refractivity contribution >= 4 is 27.6 Å². The molecule has 0 radical (unpaired) electrons. The van der Waals surface area contributed by atoms with Crippen LogP contribution in [0.15, 0.2) is 60.7 Å². The number of rotatable bonds is 13. The van der Waals surface area contributed by atoms with Crippen LogP contribution in [-0.2, 0) is 33.7 Å². The molecule has 2 aromatic heterocycles. The monoisotopic (exact) mass is 597 g/mol. The largest absolute Gasteiger partial charge is 0.493 e. The Bertz CT molecular complexity index is 1710. The molecule has 1 fully saturated rings. The maximum absolute atomic E-state index is 13.1. The van der Waals surface area contributed by atoms with Crippen molar-refractivity contribution in [1.82, 2.24) is 15.2 Å². The molecule has 230 valence electrons. The summed E-state index contributed by atoms with van der Waals surface area (Å²) in [5.74, 6) is 0.452. The highest BCUT2D eigenvalue weighted by Gasteiger charge is 2.24. The number of aliphatic hydroxyl groups excluding tert-OH is 1. The molecule has 3 heterocycles. The van der Waals surface area contributed by atoms with Crippen LogP contribution < -0.4 is 4.74 Å². The van der Waals surface area contributed by atoms with Gasteiger partial charge < -0.3 is 29.0 Å². The third-order valence-corrected chi connectivity index (χ3v) is 8.12. The second-order valence-electron chi connectivity index (χ2n) is 11.0. The van der Waals surface area contributed by atoms with Gasteiger partial charge in [-0.15, -0.1) is 0 Å². The molecule has 1 aliphatic rings. The lowest BCUT2D eigenvalue weighted by molar-refractivity contribution is -0.161. The van der Waals surface area contributed by atoms with Crippen LogP contribution in [-0.4, -0.2) is 59.0 Å². The molecule has 0 spiro atoms. The summed E-state index contributed by atoms with van der Waals surface area (Å²) in [5.41, 5.74) is 5.19. The van der Waals surface area contributed by atoms with E-state index in [0.29, 0.717) is 43.9 Å². The molecule has 1 aliphatic heterocycles. The number of H-pyrrole nitrogens is 2. The Hall–Kier alpha value is -4.18. The van der Waals surface area contributed by atoms with Gasteiger partial charge in [0.1, 0.15) is 11.4 Å². The number of aromatic amines is 2. The molecular formula is C35H39N3O6. The van der Waals surface area contributed by atoms with E-state index in [1.165, 1.54) is 0 Å². The van der Waals surface area contributed by atoms with Gasteiger partial charge in [-0.2, -0.15) is 5.10 Å². The molecule has 3 aromatic carbocycles. The zero-order valence-corrected chi connectivity index (χ0v) is 25.1. The van der Waals surface area contributed by atoms with Gasteiger partial charge in [-0.1, -0.05) is 54.6 Å². The minimum atomic E-state index is -0.393. The topological polar surface area (TPSA) is 119 Å². The van der Waals surface area contributed by atoms with Gasteiger partial charge in [0, 0.05) is 34.9 Å². The Balaban J connectivity index is 1.26. The molecule has 3 N–H and O–H groups in total. The lowest BCUT2D eigenvalue weighted by Crippen LogP contribution is -2.23. The molecule has 0 saturated carbocycles. The molecule has 0 aliphatic carbocycles. The Kier molecular flexibility index (Phi) is 9.55. The number of nitrogens with one attached hydrogen (secondary N) is 2. The van der Waals surface area contributed by atoms with Gasteiger partial charge in [0.15, 0.2) is 6.29 Å². The van der Waals surface area contributed by atoms with Crippen LogP contribution in [0, 0.1) is 0 Å². The first-order valence-electron chi connectivity index (χ1n) is 15.5. The molecule has 0 bridgehead atoms. The zero-order valence-electron chi connectivity index (χ0n) is 25.1. The molecule has 44 heavy (non-hydrogen) atoms. The maximum atomic E-state index is 13.1. The van der Waals surface area contributed by atoms with Crippen LogP contribution in [0.1, 0.15) is 60.0 Å². The lowest BCUT2D eigenvalue weighted by atomic mass is 9.97. The number of esters is 1. The van der Waals surface area contributed by atoms with Gasteiger partial charge in [-0.05, 0) is 56.0 Å². The molecule has 5 aromatic rings. The van der Waals surface area contributed by atoms with Crippen molar-refractivity contribution in [1.29, 1.82) is 0 Å². The second-order valence-corrected chi connectivity index (χ2v) is 11.0. The van der Waals surface area contributed by atoms with Gasteiger partial charge in [0.2, 0.25) is 0 Å². The molecule has 0 amide bonds. The van der Waals surface area contributed by atoms with Gasteiger partial charge >= 0.3 is 5.97 Å². The van der Waals surface area contributed by atoms with E-state index >= 15 is 0 Å². The third kappa shape index (κ3) is 6.36. The maximum Gasteiger partial charge on any atom is 0.355 e. The fourth-order valence-electron chi connectivity index (χ4n) is 6.04. The van der Waals surface area contributed by atoms with Crippen LogP contribution in [0.5, 0.6) is 5.75 Å².